The molecule has 0 radical (unpaired) electrons. The Kier molecular flexibility index (Phi) is 9.59. The number of hydrogen-bond acceptors (Lipinski definition) is 4. The lowest BCUT2D eigenvalue weighted by Crippen LogP contribution is -2.28. The lowest BCUT2D eigenvalue weighted by molar-refractivity contribution is 0.768. The van der Waals surface area contributed by atoms with Crippen LogP contribution in [-0.2, 0) is 5.41 Å². The van der Waals surface area contributed by atoms with Crippen LogP contribution in [0.15, 0.2) is 249 Å². The second kappa shape index (κ2) is 16.4. The van der Waals surface area contributed by atoms with Crippen LogP contribution < -0.4 is 0 Å². The molecular formula is C64H41N3S. The van der Waals surface area contributed by atoms with E-state index in [-0.39, 0.29) is 0 Å². The smallest absolute Gasteiger partial charge is 0.164 e. The van der Waals surface area contributed by atoms with Gasteiger partial charge in [-0.1, -0.05) is 231 Å². The third kappa shape index (κ3) is 6.60. The van der Waals surface area contributed by atoms with Crippen LogP contribution in [0.1, 0.15) is 22.3 Å². The van der Waals surface area contributed by atoms with E-state index in [1.807, 2.05) is 17.4 Å². The molecule has 0 aliphatic heterocycles. The zero-order chi connectivity index (χ0) is 45.0. The first kappa shape index (κ1) is 39.8. The van der Waals surface area contributed by atoms with E-state index in [1.54, 1.807) is 0 Å². The van der Waals surface area contributed by atoms with Gasteiger partial charge in [0.1, 0.15) is 0 Å². The fourth-order valence-corrected chi connectivity index (χ4v) is 11.7. The van der Waals surface area contributed by atoms with E-state index >= 15 is 0 Å². The quantitative estimate of drug-likeness (QED) is 0.153. The zero-order valence-corrected chi connectivity index (χ0v) is 37.7. The van der Waals surface area contributed by atoms with Gasteiger partial charge >= 0.3 is 0 Å². The Balaban J connectivity index is 0.923. The highest BCUT2D eigenvalue weighted by Crippen LogP contribution is 2.56. The van der Waals surface area contributed by atoms with E-state index in [1.165, 1.54) is 64.7 Å². The third-order valence-corrected chi connectivity index (χ3v) is 14.9. The van der Waals surface area contributed by atoms with E-state index in [2.05, 4.69) is 243 Å². The monoisotopic (exact) mass is 883 g/mol. The number of rotatable bonds is 8. The van der Waals surface area contributed by atoms with Gasteiger partial charge in [0.25, 0.3) is 0 Å². The number of fused-ring (bicyclic) bond motifs is 6. The zero-order valence-electron chi connectivity index (χ0n) is 36.9. The van der Waals surface area contributed by atoms with Crippen molar-refractivity contribution in [1.82, 2.24) is 15.0 Å². The highest BCUT2D eigenvalue weighted by atomic mass is 32.1. The Morgan fingerprint density at radius 1 is 0.279 bits per heavy atom. The molecule has 0 saturated heterocycles. The van der Waals surface area contributed by atoms with Crippen LogP contribution in [0.2, 0.25) is 0 Å². The van der Waals surface area contributed by atoms with E-state index in [9.17, 15) is 0 Å². The normalized spacial score (nSPS) is 12.5. The van der Waals surface area contributed by atoms with Gasteiger partial charge in [0.05, 0.1) is 5.41 Å². The first-order chi connectivity index (χ1) is 33.7. The van der Waals surface area contributed by atoms with Crippen molar-refractivity contribution in [2.75, 3.05) is 0 Å². The highest BCUT2D eigenvalue weighted by Gasteiger charge is 2.46. The molecule has 1 aliphatic carbocycles. The molecule has 0 spiro atoms. The van der Waals surface area contributed by atoms with Crippen LogP contribution in [0, 0.1) is 0 Å². The molecule has 68 heavy (non-hydrogen) atoms. The minimum Gasteiger partial charge on any atom is -0.208 e. The Labute approximate surface area is 399 Å². The van der Waals surface area contributed by atoms with Crippen molar-refractivity contribution in [2.45, 2.75) is 5.41 Å². The van der Waals surface area contributed by atoms with Gasteiger partial charge in [0.15, 0.2) is 17.5 Å². The van der Waals surface area contributed by atoms with E-state index in [4.69, 9.17) is 15.0 Å². The summed E-state index contributed by atoms with van der Waals surface area (Å²) in [6, 6.07) is 89.3. The van der Waals surface area contributed by atoms with Crippen molar-refractivity contribution in [3.63, 3.8) is 0 Å². The molecule has 0 atom stereocenters. The van der Waals surface area contributed by atoms with Gasteiger partial charge in [0.2, 0.25) is 0 Å². The molecule has 318 valence electrons. The maximum absolute atomic E-state index is 5.31. The maximum atomic E-state index is 5.31. The molecular weight excluding hydrogens is 843 g/mol. The minimum atomic E-state index is -0.548. The number of thiophene rings is 1. The molecule has 13 rings (SSSR count). The maximum Gasteiger partial charge on any atom is 0.164 e. The molecule has 4 heteroatoms. The summed E-state index contributed by atoms with van der Waals surface area (Å²) in [6.07, 6.45) is 0. The predicted octanol–water partition coefficient (Wildman–Crippen LogP) is 16.6. The highest BCUT2D eigenvalue weighted by molar-refractivity contribution is 7.26. The molecule has 0 amide bonds. The fraction of sp³-hybridized carbons (Fsp3) is 0.0156. The standard InChI is InChI=1S/C64H41N3S/c1-4-16-42(17-5-1)47-18-14-19-48(40-47)62-65-61(46-36-32-44(33-37-46)43-30-34-45(35-31-43)52-26-15-27-56-55-25-11-13-29-59(55)68-60(52)56)66-63(67-62)49-38-39-54-53-24-10-12-28-57(53)64(58(54)41-49,50-20-6-2-7-21-50)51-22-8-3-9-23-51/h1-41H. The van der Waals surface area contributed by atoms with Gasteiger partial charge in [-0.25, -0.2) is 15.0 Å². The van der Waals surface area contributed by atoms with Crippen molar-refractivity contribution in [1.29, 1.82) is 0 Å². The number of aromatic nitrogens is 3. The van der Waals surface area contributed by atoms with Crippen LogP contribution in [0.5, 0.6) is 0 Å². The number of nitrogens with zero attached hydrogens (tertiary/aromatic N) is 3. The van der Waals surface area contributed by atoms with Gasteiger partial charge < -0.3 is 0 Å². The lowest BCUT2D eigenvalue weighted by Gasteiger charge is -2.34. The van der Waals surface area contributed by atoms with Gasteiger partial charge in [-0.2, -0.15) is 0 Å². The van der Waals surface area contributed by atoms with Gasteiger partial charge in [0, 0.05) is 36.9 Å². The molecule has 0 saturated carbocycles. The summed E-state index contributed by atoms with van der Waals surface area (Å²) in [7, 11) is 0. The average Bonchev–Trinajstić information content (AvgIpc) is 3.95. The van der Waals surface area contributed by atoms with Crippen molar-refractivity contribution >= 4 is 31.5 Å². The van der Waals surface area contributed by atoms with E-state index in [0.29, 0.717) is 17.5 Å². The van der Waals surface area contributed by atoms with Gasteiger partial charge in [-0.3, -0.25) is 0 Å². The SMILES string of the molecule is c1ccc(-c2cccc(-c3nc(-c4ccc(-c5ccc(-c6cccc7c6sc6ccccc67)cc5)cc4)nc(-c4ccc5c(c4)C(c4ccccc4)(c4ccccc4)c4ccccc4-5)n3)c2)cc1. The van der Waals surface area contributed by atoms with Crippen LogP contribution in [0.3, 0.4) is 0 Å². The van der Waals surface area contributed by atoms with Crippen LogP contribution in [0.25, 0.3) is 98.8 Å². The summed E-state index contributed by atoms with van der Waals surface area (Å²) in [4.78, 5) is 15.9. The fourth-order valence-electron chi connectivity index (χ4n) is 10.4. The summed E-state index contributed by atoms with van der Waals surface area (Å²) >= 11 is 1.87. The minimum absolute atomic E-state index is 0.548. The van der Waals surface area contributed by atoms with Crippen molar-refractivity contribution in [3.05, 3.63) is 271 Å². The molecule has 0 fully saturated rings. The van der Waals surface area contributed by atoms with Gasteiger partial charge in [-0.05, 0) is 85.0 Å². The summed E-state index contributed by atoms with van der Waals surface area (Å²) in [5, 5.41) is 2.63. The molecule has 0 bridgehead atoms. The van der Waals surface area contributed by atoms with Crippen molar-refractivity contribution in [3.8, 4) is 78.7 Å². The predicted molar refractivity (Wildman–Crippen MR) is 283 cm³/mol. The summed E-state index contributed by atoms with van der Waals surface area (Å²) < 4.78 is 2.64. The van der Waals surface area contributed by atoms with Crippen LogP contribution in [-0.4, -0.2) is 15.0 Å². The molecule has 2 aromatic heterocycles. The molecule has 10 aromatic carbocycles. The first-order valence-corrected chi connectivity index (χ1v) is 23.9. The molecule has 2 heterocycles. The van der Waals surface area contributed by atoms with E-state index < -0.39 is 5.41 Å². The third-order valence-electron chi connectivity index (χ3n) is 13.7. The van der Waals surface area contributed by atoms with Crippen LogP contribution >= 0.6 is 11.3 Å². The summed E-state index contributed by atoms with van der Waals surface area (Å²) in [6.45, 7) is 0. The van der Waals surface area contributed by atoms with Crippen LogP contribution in [0.4, 0.5) is 0 Å². The van der Waals surface area contributed by atoms with E-state index in [0.717, 1.165) is 38.9 Å². The molecule has 3 nitrogen and oxygen atoms in total. The summed E-state index contributed by atoms with van der Waals surface area (Å²) in [5.41, 5.74) is 16.6. The Morgan fingerprint density at radius 3 is 1.44 bits per heavy atom. The molecule has 0 N–H and O–H groups in total. The van der Waals surface area contributed by atoms with Crippen molar-refractivity contribution in [2.24, 2.45) is 0 Å². The number of hydrogen-bond donors (Lipinski definition) is 0. The Hall–Kier alpha value is -8.57. The Morgan fingerprint density at radius 2 is 0.735 bits per heavy atom. The topological polar surface area (TPSA) is 38.7 Å². The number of benzene rings is 10. The average molecular weight is 884 g/mol. The summed E-state index contributed by atoms with van der Waals surface area (Å²) in [5.74, 6) is 1.86. The Bertz CT molecular complexity index is 3780. The largest absolute Gasteiger partial charge is 0.208 e. The molecule has 12 aromatic rings. The second-order valence-corrected chi connectivity index (χ2v) is 18.5. The first-order valence-electron chi connectivity index (χ1n) is 23.1. The molecule has 1 aliphatic rings. The van der Waals surface area contributed by atoms with Crippen molar-refractivity contribution < 1.29 is 0 Å². The van der Waals surface area contributed by atoms with Gasteiger partial charge in [-0.15, -0.1) is 11.3 Å². The second-order valence-electron chi connectivity index (χ2n) is 17.5. The molecule has 0 unspecified atom stereocenters. The lowest BCUT2D eigenvalue weighted by atomic mass is 9.67.